The second-order valence-electron chi connectivity index (χ2n) is 5.06. The Labute approximate surface area is 108 Å². The van der Waals surface area contributed by atoms with Gasteiger partial charge in [-0.25, -0.2) is 4.98 Å². The van der Waals surface area contributed by atoms with Gasteiger partial charge in [-0.2, -0.15) is 0 Å². The molecule has 1 aromatic heterocycles. The Morgan fingerprint density at radius 3 is 2.88 bits per heavy atom. The number of aromatic nitrogens is 1. The minimum atomic E-state index is 0.463. The Kier molecular flexibility index (Phi) is 4.54. The number of nitrogens with one attached hydrogen (secondary N) is 1. The smallest absolute Gasteiger partial charge is 0.107 e. The Morgan fingerprint density at radius 1 is 1.53 bits per heavy atom. The monoisotopic (exact) mass is 253 g/mol. The highest BCUT2D eigenvalue weighted by atomic mass is 32.1. The molecule has 0 aliphatic heterocycles. The largest absolute Gasteiger partial charge is 0.330 e. The Morgan fingerprint density at radius 2 is 2.35 bits per heavy atom. The molecule has 0 radical (unpaired) electrons. The highest BCUT2D eigenvalue weighted by Gasteiger charge is 2.34. The van der Waals surface area contributed by atoms with Gasteiger partial charge in [-0.15, -0.1) is 11.3 Å². The van der Waals surface area contributed by atoms with Crippen LogP contribution in [0.5, 0.6) is 0 Å². The number of hydrogen-bond acceptors (Lipinski definition) is 4. The molecule has 1 saturated carbocycles. The van der Waals surface area contributed by atoms with Gasteiger partial charge in [0.15, 0.2) is 0 Å². The number of aryl methyl sites for hydroxylation is 1. The minimum absolute atomic E-state index is 0.463. The summed E-state index contributed by atoms with van der Waals surface area (Å²) in [6.07, 6.45) is 8.31. The molecule has 0 saturated heterocycles. The summed E-state index contributed by atoms with van der Waals surface area (Å²) in [4.78, 5) is 5.78. The molecule has 1 aliphatic carbocycles. The van der Waals surface area contributed by atoms with Crippen LogP contribution >= 0.6 is 11.3 Å². The maximum Gasteiger partial charge on any atom is 0.107 e. The van der Waals surface area contributed by atoms with E-state index >= 15 is 0 Å². The van der Waals surface area contributed by atoms with Gasteiger partial charge in [0, 0.05) is 17.6 Å². The van der Waals surface area contributed by atoms with Crippen molar-refractivity contribution < 1.29 is 0 Å². The van der Waals surface area contributed by atoms with E-state index < -0.39 is 0 Å². The van der Waals surface area contributed by atoms with Crippen LogP contribution in [0, 0.1) is 5.41 Å². The number of nitrogens with zero attached hydrogens (tertiary/aromatic N) is 1. The van der Waals surface area contributed by atoms with E-state index in [1.165, 1.54) is 35.6 Å². The predicted molar refractivity (Wildman–Crippen MR) is 73.2 cm³/mol. The van der Waals surface area contributed by atoms with Gasteiger partial charge < -0.3 is 11.1 Å². The molecule has 1 aromatic rings. The predicted octanol–water partition coefficient (Wildman–Crippen LogP) is 2.31. The van der Waals surface area contributed by atoms with Crippen LogP contribution in [0.1, 0.15) is 42.5 Å². The number of rotatable bonds is 7. The van der Waals surface area contributed by atoms with Crippen LogP contribution in [0.3, 0.4) is 0 Å². The van der Waals surface area contributed by atoms with Crippen LogP contribution in [0.2, 0.25) is 0 Å². The summed E-state index contributed by atoms with van der Waals surface area (Å²) in [6.45, 7) is 5.00. The number of hydrogen-bond donors (Lipinski definition) is 2. The van der Waals surface area contributed by atoms with E-state index in [9.17, 15) is 0 Å². The van der Waals surface area contributed by atoms with Gasteiger partial charge in [0.25, 0.3) is 0 Å². The third kappa shape index (κ3) is 3.27. The summed E-state index contributed by atoms with van der Waals surface area (Å²) < 4.78 is 0. The summed E-state index contributed by atoms with van der Waals surface area (Å²) in [7, 11) is 0. The van der Waals surface area contributed by atoms with Gasteiger partial charge >= 0.3 is 0 Å². The molecule has 1 fully saturated rings. The van der Waals surface area contributed by atoms with Gasteiger partial charge in [-0.1, -0.05) is 13.3 Å². The zero-order chi connectivity index (χ0) is 12.1. The van der Waals surface area contributed by atoms with Gasteiger partial charge in [0.05, 0.1) is 0 Å². The third-order valence-corrected chi connectivity index (χ3v) is 5.05. The molecule has 0 unspecified atom stereocenters. The average molecular weight is 253 g/mol. The normalized spacial score (nSPS) is 18.0. The summed E-state index contributed by atoms with van der Waals surface area (Å²) in [5.74, 6) is 0. The van der Waals surface area contributed by atoms with E-state index in [1.807, 2.05) is 17.5 Å². The van der Waals surface area contributed by atoms with Crippen LogP contribution in [0.15, 0.2) is 6.20 Å². The average Bonchev–Trinajstić information content (AvgIpc) is 2.75. The molecular weight excluding hydrogens is 230 g/mol. The van der Waals surface area contributed by atoms with E-state index in [0.717, 1.165) is 26.1 Å². The molecule has 0 atom stereocenters. The molecule has 3 N–H and O–H groups in total. The summed E-state index contributed by atoms with van der Waals surface area (Å²) in [6, 6.07) is 0. The van der Waals surface area contributed by atoms with Crippen molar-refractivity contribution in [3.63, 3.8) is 0 Å². The molecule has 4 heteroatoms. The van der Waals surface area contributed by atoms with Crippen molar-refractivity contribution in [3.05, 3.63) is 16.1 Å². The number of thiazole rings is 1. The fourth-order valence-electron chi connectivity index (χ4n) is 2.38. The fraction of sp³-hybridized carbons (Fsp3) is 0.769. The van der Waals surface area contributed by atoms with Gasteiger partial charge in [0.2, 0.25) is 0 Å². The zero-order valence-electron chi connectivity index (χ0n) is 10.7. The van der Waals surface area contributed by atoms with Crippen molar-refractivity contribution in [1.82, 2.24) is 10.3 Å². The Bertz CT molecular complexity index is 339. The van der Waals surface area contributed by atoms with Crippen LogP contribution in [-0.2, 0) is 13.0 Å². The van der Waals surface area contributed by atoms with E-state index in [-0.39, 0.29) is 0 Å². The lowest BCUT2D eigenvalue weighted by Crippen LogP contribution is -2.39. The van der Waals surface area contributed by atoms with Crippen molar-refractivity contribution in [1.29, 1.82) is 0 Å². The second kappa shape index (κ2) is 5.94. The first-order valence-electron chi connectivity index (χ1n) is 6.62. The quantitative estimate of drug-likeness (QED) is 0.733. The topological polar surface area (TPSA) is 50.9 Å². The standard InChI is InChI=1S/C13H23N3S/c1-2-11-8-16-12(17-11)9-15-7-6-13(10-14)4-3-5-13/h8,15H,2-7,9-10,14H2,1H3. The first kappa shape index (κ1) is 13.0. The lowest BCUT2D eigenvalue weighted by atomic mass is 9.67. The Hall–Kier alpha value is -0.450. The molecule has 0 amide bonds. The molecular formula is C13H23N3S. The second-order valence-corrected chi connectivity index (χ2v) is 6.26. The van der Waals surface area contributed by atoms with Gasteiger partial charge in [-0.05, 0) is 44.2 Å². The fourth-order valence-corrected chi connectivity index (χ4v) is 3.21. The van der Waals surface area contributed by atoms with Gasteiger partial charge in [-0.3, -0.25) is 0 Å². The zero-order valence-corrected chi connectivity index (χ0v) is 11.5. The summed E-state index contributed by atoms with van der Waals surface area (Å²) >= 11 is 1.82. The van der Waals surface area contributed by atoms with Crippen LogP contribution in [-0.4, -0.2) is 18.1 Å². The van der Waals surface area contributed by atoms with Crippen LogP contribution in [0.4, 0.5) is 0 Å². The van der Waals surface area contributed by atoms with E-state index in [1.54, 1.807) is 0 Å². The molecule has 17 heavy (non-hydrogen) atoms. The van der Waals surface area contributed by atoms with Crippen molar-refractivity contribution in [2.75, 3.05) is 13.1 Å². The Balaban J connectivity index is 1.66. The number of nitrogens with two attached hydrogens (primary N) is 1. The van der Waals surface area contributed by atoms with Crippen molar-refractivity contribution in [2.24, 2.45) is 11.1 Å². The molecule has 2 rings (SSSR count). The maximum atomic E-state index is 5.85. The lowest BCUT2D eigenvalue weighted by molar-refractivity contribution is 0.130. The molecule has 0 spiro atoms. The summed E-state index contributed by atoms with van der Waals surface area (Å²) in [5, 5.41) is 4.70. The van der Waals surface area contributed by atoms with Crippen LogP contribution < -0.4 is 11.1 Å². The molecule has 0 bridgehead atoms. The van der Waals surface area contributed by atoms with E-state index in [4.69, 9.17) is 5.73 Å². The van der Waals surface area contributed by atoms with E-state index in [0.29, 0.717) is 5.41 Å². The molecule has 3 nitrogen and oxygen atoms in total. The van der Waals surface area contributed by atoms with Gasteiger partial charge in [0.1, 0.15) is 5.01 Å². The molecule has 96 valence electrons. The highest BCUT2D eigenvalue weighted by Crippen LogP contribution is 2.42. The first-order valence-corrected chi connectivity index (χ1v) is 7.44. The van der Waals surface area contributed by atoms with Crippen molar-refractivity contribution >= 4 is 11.3 Å². The minimum Gasteiger partial charge on any atom is -0.330 e. The summed E-state index contributed by atoms with van der Waals surface area (Å²) in [5.41, 5.74) is 6.31. The molecule has 1 aliphatic rings. The molecule has 1 heterocycles. The lowest BCUT2D eigenvalue weighted by Gasteiger charge is -2.41. The third-order valence-electron chi connectivity index (χ3n) is 3.91. The first-order chi connectivity index (χ1) is 8.28. The van der Waals surface area contributed by atoms with Crippen LogP contribution in [0.25, 0.3) is 0 Å². The SMILES string of the molecule is CCc1cnc(CNCCC2(CN)CCC2)s1. The molecule has 0 aromatic carbocycles. The van der Waals surface area contributed by atoms with E-state index in [2.05, 4.69) is 17.2 Å². The maximum absolute atomic E-state index is 5.85. The van der Waals surface area contributed by atoms with Crippen molar-refractivity contribution in [3.8, 4) is 0 Å². The van der Waals surface area contributed by atoms with Crippen molar-refractivity contribution in [2.45, 2.75) is 45.6 Å². The highest BCUT2D eigenvalue weighted by molar-refractivity contribution is 7.11.